The van der Waals surface area contributed by atoms with Gasteiger partial charge in [-0.05, 0) is 62.0 Å². The van der Waals surface area contributed by atoms with E-state index in [-0.39, 0.29) is 23.6 Å². The summed E-state index contributed by atoms with van der Waals surface area (Å²) in [5.74, 6) is -0.669. The molecular formula is C28H28N6O4. The van der Waals surface area contributed by atoms with Crippen molar-refractivity contribution in [2.45, 2.75) is 13.5 Å². The zero-order valence-corrected chi connectivity index (χ0v) is 21.2. The van der Waals surface area contributed by atoms with Crippen molar-refractivity contribution in [3.8, 4) is 5.69 Å². The summed E-state index contributed by atoms with van der Waals surface area (Å²) in [5, 5.41) is 12.6. The molecule has 0 bridgehead atoms. The Morgan fingerprint density at radius 1 is 0.895 bits per heavy atom. The second kappa shape index (κ2) is 10.4. The Hall–Kier alpha value is -4.57. The maximum atomic E-state index is 13.0. The third-order valence-electron chi connectivity index (χ3n) is 6.76. The number of nitrogens with one attached hydrogen (secondary N) is 1. The van der Waals surface area contributed by atoms with Gasteiger partial charge in [0.15, 0.2) is 5.65 Å². The first-order chi connectivity index (χ1) is 18.3. The molecule has 1 aliphatic heterocycles. The lowest BCUT2D eigenvalue weighted by molar-refractivity contribution is 0.0696. The topological polar surface area (TPSA) is 121 Å². The molecule has 0 aliphatic carbocycles. The van der Waals surface area contributed by atoms with Crippen LogP contribution >= 0.6 is 0 Å². The van der Waals surface area contributed by atoms with E-state index in [9.17, 15) is 14.4 Å². The molecule has 0 atom stereocenters. The van der Waals surface area contributed by atoms with Crippen molar-refractivity contribution in [1.82, 2.24) is 24.8 Å². The first-order valence-electron chi connectivity index (χ1n) is 12.3. The summed E-state index contributed by atoms with van der Waals surface area (Å²) in [6.45, 7) is 5.63. The van der Waals surface area contributed by atoms with Crippen LogP contribution in [-0.4, -0.2) is 69.6 Å². The lowest BCUT2D eigenvalue weighted by Crippen LogP contribution is -2.45. The smallest absolute Gasteiger partial charge is 0.335 e. The van der Waals surface area contributed by atoms with Gasteiger partial charge in [-0.3, -0.25) is 14.2 Å². The predicted molar refractivity (Wildman–Crippen MR) is 144 cm³/mol. The maximum Gasteiger partial charge on any atom is 0.335 e. The number of carbonyl (C=O) groups excluding carboxylic acids is 1. The zero-order valence-electron chi connectivity index (χ0n) is 21.2. The van der Waals surface area contributed by atoms with Gasteiger partial charge < -0.3 is 20.2 Å². The van der Waals surface area contributed by atoms with E-state index in [1.54, 1.807) is 47.0 Å². The van der Waals surface area contributed by atoms with Gasteiger partial charge in [0.2, 0.25) is 5.95 Å². The number of nitrogens with zero attached hydrogens (tertiary/aromatic N) is 5. The Morgan fingerprint density at radius 2 is 1.55 bits per heavy atom. The van der Waals surface area contributed by atoms with Crippen molar-refractivity contribution in [2.75, 3.05) is 38.1 Å². The average molecular weight is 513 g/mol. The van der Waals surface area contributed by atoms with Gasteiger partial charge in [0.25, 0.3) is 11.5 Å². The van der Waals surface area contributed by atoms with Crippen LogP contribution in [0, 0.1) is 6.92 Å². The van der Waals surface area contributed by atoms with Crippen LogP contribution < -0.4 is 15.8 Å². The van der Waals surface area contributed by atoms with Crippen LogP contribution in [-0.2, 0) is 6.54 Å². The number of carboxylic acid groups (broad SMARTS) is 1. The molecule has 10 heteroatoms. The Balaban J connectivity index is 1.39. The van der Waals surface area contributed by atoms with Crippen LogP contribution in [0.3, 0.4) is 0 Å². The molecule has 3 heterocycles. The predicted octanol–water partition coefficient (Wildman–Crippen LogP) is 2.47. The number of aromatic carboxylic acids is 1. The highest BCUT2D eigenvalue weighted by atomic mass is 16.4. The fourth-order valence-corrected chi connectivity index (χ4v) is 4.46. The van der Waals surface area contributed by atoms with E-state index in [4.69, 9.17) is 15.1 Å². The fraction of sp³-hybridized carbons (Fsp3) is 0.250. The second-order valence-electron chi connectivity index (χ2n) is 9.38. The number of carboxylic acids is 1. The van der Waals surface area contributed by atoms with E-state index >= 15 is 0 Å². The normalized spacial score (nSPS) is 14.0. The van der Waals surface area contributed by atoms with Gasteiger partial charge in [-0.2, -0.15) is 4.98 Å². The summed E-state index contributed by atoms with van der Waals surface area (Å²) >= 11 is 0. The van der Waals surface area contributed by atoms with E-state index in [1.807, 2.05) is 6.92 Å². The van der Waals surface area contributed by atoms with Crippen LogP contribution in [0.25, 0.3) is 16.7 Å². The summed E-state index contributed by atoms with van der Waals surface area (Å²) in [4.78, 5) is 50.6. The number of anilines is 1. The lowest BCUT2D eigenvalue weighted by Gasteiger charge is -2.32. The van der Waals surface area contributed by atoms with E-state index < -0.39 is 5.97 Å². The van der Waals surface area contributed by atoms with Crippen LogP contribution in [0.5, 0.6) is 0 Å². The summed E-state index contributed by atoms with van der Waals surface area (Å²) in [6.07, 6.45) is 0. The van der Waals surface area contributed by atoms with Crippen LogP contribution in [0.15, 0.2) is 65.5 Å². The van der Waals surface area contributed by atoms with Crippen LogP contribution in [0.2, 0.25) is 0 Å². The summed E-state index contributed by atoms with van der Waals surface area (Å²) < 4.78 is 1.55. The molecule has 2 N–H and O–H groups in total. The molecule has 1 saturated heterocycles. The molecule has 2 aromatic carbocycles. The number of hydrogen-bond donors (Lipinski definition) is 2. The third-order valence-corrected chi connectivity index (χ3v) is 6.76. The van der Waals surface area contributed by atoms with Crippen molar-refractivity contribution in [2.24, 2.45) is 0 Å². The molecule has 1 fully saturated rings. The molecule has 0 saturated carbocycles. The van der Waals surface area contributed by atoms with Gasteiger partial charge in [-0.25, -0.2) is 9.78 Å². The average Bonchev–Trinajstić information content (AvgIpc) is 2.92. The number of likely N-dealkylation sites (N-methyl/N-ethyl adjacent to an activating group) is 1. The minimum absolute atomic E-state index is 0.190. The SMILES string of the molecule is Cc1nc(N2CCN(C)CC2)nc2c1ccc(=O)n2-c1ccc(C(=O)NCc2ccc(C(=O)O)cc2)cc1. The minimum Gasteiger partial charge on any atom is -0.478 e. The molecule has 0 spiro atoms. The number of rotatable bonds is 6. The van der Waals surface area contributed by atoms with Crippen molar-refractivity contribution in [3.63, 3.8) is 0 Å². The number of pyridine rings is 1. The molecule has 0 radical (unpaired) electrons. The monoisotopic (exact) mass is 512 g/mol. The van der Waals surface area contributed by atoms with Crippen LogP contribution in [0.1, 0.15) is 32.0 Å². The number of hydrogen-bond acceptors (Lipinski definition) is 7. The largest absolute Gasteiger partial charge is 0.478 e. The third kappa shape index (κ3) is 5.12. The second-order valence-corrected chi connectivity index (χ2v) is 9.38. The molecule has 4 aromatic rings. The van der Waals surface area contributed by atoms with E-state index in [0.717, 1.165) is 42.8 Å². The Bertz CT molecular complexity index is 1560. The molecule has 2 aromatic heterocycles. The van der Waals surface area contributed by atoms with Gasteiger partial charge >= 0.3 is 5.97 Å². The quantitative estimate of drug-likeness (QED) is 0.404. The number of benzene rings is 2. The first kappa shape index (κ1) is 25.1. The minimum atomic E-state index is -0.997. The van der Waals surface area contributed by atoms with Gasteiger partial charge in [0.1, 0.15) is 0 Å². The molecule has 1 amide bonds. The number of fused-ring (bicyclic) bond motifs is 1. The zero-order chi connectivity index (χ0) is 26.8. The highest BCUT2D eigenvalue weighted by molar-refractivity contribution is 5.94. The molecule has 5 rings (SSSR count). The Kier molecular flexibility index (Phi) is 6.89. The summed E-state index contributed by atoms with van der Waals surface area (Å²) in [7, 11) is 2.09. The van der Waals surface area contributed by atoms with Gasteiger partial charge in [-0.1, -0.05) is 12.1 Å². The van der Waals surface area contributed by atoms with Crippen molar-refractivity contribution in [1.29, 1.82) is 0 Å². The van der Waals surface area contributed by atoms with Crippen LogP contribution in [0.4, 0.5) is 5.95 Å². The highest BCUT2D eigenvalue weighted by Gasteiger charge is 2.19. The number of aryl methyl sites for hydroxylation is 1. The molecule has 10 nitrogen and oxygen atoms in total. The molecular weight excluding hydrogens is 484 g/mol. The van der Waals surface area contributed by atoms with E-state index in [1.165, 1.54) is 18.2 Å². The van der Waals surface area contributed by atoms with Gasteiger partial charge in [0, 0.05) is 49.7 Å². The molecule has 194 valence electrons. The number of aromatic nitrogens is 3. The van der Waals surface area contributed by atoms with E-state index in [2.05, 4.69) is 22.2 Å². The molecule has 38 heavy (non-hydrogen) atoms. The van der Waals surface area contributed by atoms with Crippen molar-refractivity contribution >= 4 is 28.9 Å². The van der Waals surface area contributed by atoms with E-state index in [0.29, 0.717) is 22.8 Å². The maximum absolute atomic E-state index is 13.0. The molecule has 0 unspecified atom stereocenters. The van der Waals surface area contributed by atoms with Gasteiger partial charge in [0.05, 0.1) is 16.9 Å². The number of amides is 1. The van der Waals surface area contributed by atoms with Crippen molar-refractivity contribution < 1.29 is 14.7 Å². The lowest BCUT2D eigenvalue weighted by atomic mass is 10.1. The fourth-order valence-electron chi connectivity index (χ4n) is 4.46. The first-order valence-corrected chi connectivity index (χ1v) is 12.3. The van der Waals surface area contributed by atoms with Gasteiger partial charge in [-0.15, -0.1) is 0 Å². The molecule has 1 aliphatic rings. The number of piperazine rings is 1. The standard InChI is InChI=1S/C28H28N6O4/c1-18-23-11-12-24(35)34(25(23)31-28(30-18)33-15-13-32(2)14-16-33)22-9-7-20(8-10-22)26(36)29-17-19-3-5-21(6-4-19)27(37)38/h3-12H,13-17H2,1-2H3,(H,29,36)(H,37,38). The highest BCUT2D eigenvalue weighted by Crippen LogP contribution is 2.21. The summed E-state index contributed by atoms with van der Waals surface area (Å²) in [5.41, 5.74) is 3.12. The summed E-state index contributed by atoms with van der Waals surface area (Å²) in [6, 6.07) is 16.4. The Labute approximate surface area is 219 Å². The van der Waals surface area contributed by atoms with Crippen molar-refractivity contribution in [3.05, 3.63) is 93.4 Å². The Morgan fingerprint density at radius 3 is 2.21 bits per heavy atom. The number of carbonyl (C=O) groups is 2.